The van der Waals surface area contributed by atoms with Gasteiger partial charge in [-0.2, -0.15) is 0 Å². The number of rotatable bonds is 4. The van der Waals surface area contributed by atoms with Gasteiger partial charge in [0, 0.05) is 31.3 Å². The molecule has 0 atom stereocenters. The maximum absolute atomic E-state index is 11.8. The molecule has 1 N–H and O–H groups in total. The average Bonchev–Trinajstić information content (AvgIpc) is 2.43. The third-order valence-electron chi connectivity index (χ3n) is 3.51. The van der Waals surface area contributed by atoms with E-state index in [1.165, 1.54) is 0 Å². The van der Waals surface area contributed by atoms with Crippen molar-refractivity contribution in [2.75, 3.05) is 19.0 Å². The van der Waals surface area contributed by atoms with Crippen LogP contribution in [0.5, 0.6) is 5.75 Å². The number of ether oxygens (including phenoxy) is 1. The lowest BCUT2D eigenvalue weighted by molar-refractivity contribution is -0.133. The maximum Gasteiger partial charge on any atom is 0.260 e. The molecule has 0 unspecified atom stereocenters. The number of benzene rings is 1. The molecule has 0 fully saturated rings. The first-order chi connectivity index (χ1) is 9.47. The molecule has 2 rings (SSSR count). The zero-order chi connectivity index (χ0) is 14.7. The molecule has 20 heavy (non-hydrogen) atoms. The Hall–Kier alpha value is -2.04. The molecule has 0 bridgehead atoms. The molecule has 108 valence electrons. The van der Waals surface area contributed by atoms with Crippen molar-refractivity contribution in [2.24, 2.45) is 0 Å². The lowest BCUT2D eigenvalue weighted by Crippen LogP contribution is -2.36. The fourth-order valence-corrected chi connectivity index (χ4v) is 1.98. The van der Waals surface area contributed by atoms with Gasteiger partial charge in [-0.05, 0) is 31.9 Å². The number of fused-ring (bicyclic) bond motifs is 1. The van der Waals surface area contributed by atoms with Crippen molar-refractivity contribution in [1.82, 2.24) is 4.90 Å². The van der Waals surface area contributed by atoms with Crippen molar-refractivity contribution < 1.29 is 14.3 Å². The van der Waals surface area contributed by atoms with Crippen LogP contribution in [0, 0.1) is 0 Å². The van der Waals surface area contributed by atoms with Gasteiger partial charge in [-0.1, -0.05) is 6.07 Å². The lowest BCUT2D eigenvalue weighted by Gasteiger charge is -2.22. The number of hydrogen-bond donors (Lipinski definition) is 1. The van der Waals surface area contributed by atoms with Crippen molar-refractivity contribution >= 4 is 17.5 Å². The molecule has 1 heterocycles. The molecule has 0 spiro atoms. The van der Waals surface area contributed by atoms with Crippen LogP contribution in [0.25, 0.3) is 0 Å². The van der Waals surface area contributed by atoms with Gasteiger partial charge in [-0.25, -0.2) is 0 Å². The molecule has 0 aromatic heterocycles. The highest BCUT2D eigenvalue weighted by Crippen LogP contribution is 2.27. The Morgan fingerprint density at radius 1 is 1.40 bits per heavy atom. The second-order valence-corrected chi connectivity index (χ2v) is 5.25. The van der Waals surface area contributed by atoms with Crippen molar-refractivity contribution in [3.63, 3.8) is 0 Å². The van der Waals surface area contributed by atoms with Crippen LogP contribution < -0.4 is 10.1 Å². The van der Waals surface area contributed by atoms with E-state index in [4.69, 9.17) is 4.74 Å². The summed E-state index contributed by atoms with van der Waals surface area (Å²) < 4.78 is 5.50. The molecule has 0 aliphatic carbocycles. The minimum atomic E-state index is -0.0678. The van der Waals surface area contributed by atoms with E-state index in [2.05, 4.69) is 5.32 Å². The number of nitrogens with one attached hydrogen (secondary N) is 1. The van der Waals surface area contributed by atoms with Crippen LogP contribution in [0.15, 0.2) is 18.2 Å². The predicted octanol–water partition coefficient (Wildman–Crippen LogP) is 1.82. The van der Waals surface area contributed by atoms with E-state index in [-0.39, 0.29) is 24.5 Å². The summed E-state index contributed by atoms with van der Waals surface area (Å²) in [7, 11) is 1.75. The number of nitrogens with zero attached hydrogens (tertiary/aromatic N) is 1. The van der Waals surface area contributed by atoms with Crippen LogP contribution in [-0.4, -0.2) is 36.4 Å². The smallest absolute Gasteiger partial charge is 0.260 e. The van der Waals surface area contributed by atoms with Gasteiger partial charge in [-0.3, -0.25) is 9.59 Å². The molecule has 0 saturated heterocycles. The Bertz CT molecular complexity index is 526. The van der Waals surface area contributed by atoms with Gasteiger partial charge in [0.2, 0.25) is 5.91 Å². The third-order valence-corrected chi connectivity index (χ3v) is 3.51. The third kappa shape index (κ3) is 3.29. The number of aryl methyl sites for hydroxylation is 1. The number of anilines is 1. The molecule has 5 nitrogen and oxygen atoms in total. The molecular formula is C15H20N2O3. The van der Waals surface area contributed by atoms with E-state index in [1.807, 2.05) is 26.0 Å². The SMILES string of the molecule is CC(C)N(C)C(=O)COc1ccc2c(c1)NC(=O)CC2. The van der Waals surface area contributed by atoms with Gasteiger partial charge in [0.1, 0.15) is 5.75 Å². The zero-order valence-electron chi connectivity index (χ0n) is 12.1. The molecular weight excluding hydrogens is 256 g/mol. The van der Waals surface area contributed by atoms with Crippen LogP contribution in [-0.2, 0) is 16.0 Å². The van der Waals surface area contributed by atoms with Gasteiger partial charge in [0.15, 0.2) is 6.61 Å². The second-order valence-electron chi connectivity index (χ2n) is 5.25. The van der Waals surface area contributed by atoms with E-state index in [0.29, 0.717) is 12.2 Å². The first kappa shape index (κ1) is 14.4. The van der Waals surface area contributed by atoms with E-state index >= 15 is 0 Å². The van der Waals surface area contributed by atoms with Crippen molar-refractivity contribution in [1.29, 1.82) is 0 Å². The van der Waals surface area contributed by atoms with Crippen molar-refractivity contribution in [3.05, 3.63) is 23.8 Å². The van der Waals surface area contributed by atoms with Crippen LogP contribution in [0.4, 0.5) is 5.69 Å². The molecule has 0 saturated carbocycles. The van der Waals surface area contributed by atoms with E-state index in [0.717, 1.165) is 17.7 Å². The normalized spacial score (nSPS) is 13.7. The quantitative estimate of drug-likeness (QED) is 0.912. The molecule has 0 radical (unpaired) electrons. The highest BCUT2D eigenvalue weighted by atomic mass is 16.5. The summed E-state index contributed by atoms with van der Waals surface area (Å²) in [6.45, 7) is 3.90. The Labute approximate surface area is 118 Å². The fourth-order valence-electron chi connectivity index (χ4n) is 1.98. The summed E-state index contributed by atoms with van der Waals surface area (Å²) in [4.78, 5) is 24.8. The minimum absolute atomic E-state index is 0.00140. The summed E-state index contributed by atoms with van der Waals surface area (Å²) in [6.07, 6.45) is 1.27. The summed E-state index contributed by atoms with van der Waals surface area (Å²) in [5.41, 5.74) is 1.88. The van der Waals surface area contributed by atoms with E-state index in [1.54, 1.807) is 18.0 Å². The van der Waals surface area contributed by atoms with E-state index < -0.39 is 0 Å². The maximum atomic E-state index is 11.8. The van der Waals surface area contributed by atoms with Crippen LogP contribution in [0.2, 0.25) is 0 Å². The number of hydrogen-bond acceptors (Lipinski definition) is 3. The Balaban J connectivity index is 1.99. The molecule has 1 aromatic rings. The molecule has 1 aliphatic heterocycles. The second kappa shape index (κ2) is 5.94. The van der Waals surface area contributed by atoms with Gasteiger partial charge in [0.05, 0.1) is 0 Å². The van der Waals surface area contributed by atoms with Crippen molar-refractivity contribution in [3.8, 4) is 5.75 Å². The summed E-state index contributed by atoms with van der Waals surface area (Å²) >= 11 is 0. The highest BCUT2D eigenvalue weighted by molar-refractivity contribution is 5.94. The van der Waals surface area contributed by atoms with Crippen LogP contribution in [0.3, 0.4) is 0 Å². The summed E-state index contributed by atoms with van der Waals surface area (Å²) in [5, 5.41) is 2.81. The summed E-state index contributed by atoms with van der Waals surface area (Å²) in [6, 6.07) is 5.68. The Morgan fingerprint density at radius 2 is 2.15 bits per heavy atom. The Kier molecular flexibility index (Phi) is 4.27. The first-order valence-electron chi connectivity index (χ1n) is 6.78. The Morgan fingerprint density at radius 3 is 2.85 bits per heavy atom. The minimum Gasteiger partial charge on any atom is -0.484 e. The van der Waals surface area contributed by atoms with Gasteiger partial charge in [-0.15, -0.1) is 0 Å². The number of amides is 2. The topological polar surface area (TPSA) is 58.6 Å². The first-order valence-corrected chi connectivity index (χ1v) is 6.78. The molecule has 2 amide bonds. The highest BCUT2D eigenvalue weighted by Gasteiger charge is 2.16. The van der Waals surface area contributed by atoms with Crippen molar-refractivity contribution in [2.45, 2.75) is 32.7 Å². The van der Waals surface area contributed by atoms with Gasteiger partial charge in [0.25, 0.3) is 5.91 Å². The fraction of sp³-hybridized carbons (Fsp3) is 0.467. The number of carbonyl (C=O) groups is 2. The summed E-state index contributed by atoms with van der Waals surface area (Å²) in [5.74, 6) is 0.545. The number of likely N-dealkylation sites (N-methyl/N-ethyl adjacent to an activating group) is 1. The molecule has 5 heteroatoms. The number of carbonyl (C=O) groups excluding carboxylic acids is 2. The van der Waals surface area contributed by atoms with Gasteiger partial charge < -0.3 is 15.0 Å². The van der Waals surface area contributed by atoms with E-state index in [9.17, 15) is 9.59 Å². The average molecular weight is 276 g/mol. The van der Waals surface area contributed by atoms with Gasteiger partial charge >= 0.3 is 0 Å². The molecule has 1 aliphatic rings. The zero-order valence-corrected chi connectivity index (χ0v) is 12.1. The largest absolute Gasteiger partial charge is 0.484 e. The molecule has 1 aromatic carbocycles. The standard InChI is InChI=1S/C15H20N2O3/c1-10(2)17(3)15(19)9-20-12-6-4-11-5-7-14(18)16-13(11)8-12/h4,6,8,10H,5,7,9H2,1-3H3,(H,16,18). The van der Waals surface area contributed by atoms with Crippen LogP contribution >= 0.6 is 0 Å². The predicted molar refractivity (Wildman–Crippen MR) is 76.8 cm³/mol. The van der Waals surface area contributed by atoms with Crippen LogP contribution in [0.1, 0.15) is 25.8 Å². The lowest BCUT2D eigenvalue weighted by atomic mass is 10.0. The monoisotopic (exact) mass is 276 g/mol.